The van der Waals surface area contributed by atoms with Gasteiger partial charge in [0.1, 0.15) is 29.1 Å². The van der Waals surface area contributed by atoms with Crippen molar-refractivity contribution < 1.29 is 14.1 Å². The number of nitrogens with zero attached hydrogens (tertiary/aromatic N) is 2. The summed E-state index contributed by atoms with van der Waals surface area (Å²) in [4.78, 5) is 9.81. The first kappa shape index (κ1) is 12.9. The second-order valence-corrected chi connectivity index (χ2v) is 3.97. The lowest BCUT2D eigenvalue weighted by Gasteiger charge is -2.06. The van der Waals surface area contributed by atoms with Crippen LogP contribution >= 0.6 is 11.6 Å². The third-order valence-electron chi connectivity index (χ3n) is 2.26. The zero-order valence-corrected chi connectivity index (χ0v) is 10.3. The standard InChI is InChI=1S/C12H7ClN2O4/c13-9-2-1-8(6-14)11(5-9)18-7-10-3-4-12(19-10)15(16)17/h1-5H,7H2. The number of furan rings is 1. The molecule has 1 heterocycles. The van der Waals surface area contributed by atoms with Crippen molar-refractivity contribution in [2.24, 2.45) is 0 Å². The van der Waals surface area contributed by atoms with Gasteiger partial charge in [-0.05, 0) is 18.2 Å². The van der Waals surface area contributed by atoms with Crippen molar-refractivity contribution in [1.82, 2.24) is 0 Å². The first-order valence-electron chi connectivity index (χ1n) is 5.15. The van der Waals surface area contributed by atoms with E-state index in [-0.39, 0.29) is 18.3 Å². The van der Waals surface area contributed by atoms with Crippen molar-refractivity contribution in [2.45, 2.75) is 6.61 Å². The van der Waals surface area contributed by atoms with E-state index in [2.05, 4.69) is 0 Å². The molecule has 1 aromatic heterocycles. The molecule has 0 radical (unpaired) electrons. The number of ether oxygens (including phenoxy) is 1. The molecule has 19 heavy (non-hydrogen) atoms. The van der Waals surface area contributed by atoms with Gasteiger partial charge in [0.2, 0.25) is 0 Å². The molecule has 0 saturated carbocycles. The number of hydrogen-bond acceptors (Lipinski definition) is 5. The van der Waals surface area contributed by atoms with E-state index in [9.17, 15) is 10.1 Å². The van der Waals surface area contributed by atoms with Gasteiger partial charge in [-0.1, -0.05) is 11.6 Å². The van der Waals surface area contributed by atoms with Gasteiger partial charge in [0, 0.05) is 11.1 Å². The van der Waals surface area contributed by atoms with Gasteiger partial charge in [0.05, 0.1) is 11.6 Å². The van der Waals surface area contributed by atoms with E-state index in [1.807, 2.05) is 6.07 Å². The Labute approximate surface area is 112 Å². The van der Waals surface area contributed by atoms with Crippen LogP contribution in [0, 0.1) is 21.4 Å². The molecule has 0 aliphatic carbocycles. The molecule has 2 aromatic rings. The van der Waals surface area contributed by atoms with E-state index >= 15 is 0 Å². The molecule has 2 rings (SSSR count). The van der Waals surface area contributed by atoms with Crippen LogP contribution in [0.2, 0.25) is 5.02 Å². The van der Waals surface area contributed by atoms with Gasteiger partial charge in [-0.25, -0.2) is 0 Å². The molecule has 0 amide bonds. The average molecular weight is 279 g/mol. The predicted molar refractivity (Wildman–Crippen MR) is 65.9 cm³/mol. The van der Waals surface area contributed by atoms with E-state index in [0.29, 0.717) is 16.3 Å². The summed E-state index contributed by atoms with van der Waals surface area (Å²) in [6.07, 6.45) is 0. The topological polar surface area (TPSA) is 89.3 Å². The second-order valence-electron chi connectivity index (χ2n) is 3.54. The molecule has 96 valence electrons. The van der Waals surface area contributed by atoms with Crippen LogP contribution < -0.4 is 4.74 Å². The number of nitro groups is 1. The predicted octanol–water partition coefficient (Wildman–Crippen LogP) is 3.29. The molecule has 1 aromatic carbocycles. The lowest BCUT2D eigenvalue weighted by atomic mass is 10.2. The highest BCUT2D eigenvalue weighted by Gasteiger charge is 2.12. The lowest BCUT2D eigenvalue weighted by Crippen LogP contribution is -1.96. The summed E-state index contributed by atoms with van der Waals surface area (Å²) in [6, 6.07) is 9.24. The molecular weight excluding hydrogens is 272 g/mol. The third kappa shape index (κ3) is 3.03. The maximum absolute atomic E-state index is 10.4. The smallest absolute Gasteiger partial charge is 0.433 e. The largest absolute Gasteiger partial charge is 0.484 e. The van der Waals surface area contributed by atoms with Crippen molar-refractivity contribution in [3.05, 3.63) is 56.8 Å². The highest BCUT2D eigenvalue weighted by molar-refractivity contribution is 6.30. The van der Waals surface area contributed by atoms with Crippen LogP contribution in [-0.4, -0.2) is 4.92 Å². The number of benzene rings is 1. The van der Waals surface area contributed by atoms with Gasteiger partial charge in [-0.3, -0.25) is 10.1 Å². The zero-order valence-electron chi connectivity index (χ0n) is 9.50. The van der Waals surface area contributed by atoms with Crippen LogP contribution in [0.1, 0.15) is 11.3 Å². The highest BCUT2D eigenvalue weighted by atomic mass is 35.5. The highest BCUT2D eigenvalue weighted by Crippen LogP contribution is 2.24. The quantitative estimate of drug-likeness (QED) is 0.632. The fraction of sp³-hybridized carbons (Fsp3) is 0.0833. The van der Waals surface area contributed by atoms with E-state index in [1.54, 1.807) is 6.07 Å². The second kappa shape index (κ2) is 5.42. The van der Waals surface area contributed by atoms with Crippen molar-refractivity contribution in [2.75, 3.05) is 0 Å². The summed E-state index contributed by atoms with van der Waals surface area (Å²) in [5.74, 6) is 0.231. The Morgan fingerprint density at radius 1 is 1.42 bits per heavy atom. The fourth-order valence-corrected chi connectivity index (χ4v) is 1.56. The van der Waals surface area contributed by atoms with E-state index < -0.39 is 4.92 Å². The SMILES string of the molecule is N#Cc1ccc(Cl)cc1OCc1ccc([N+](=O)[O-])o1. The monoisotopic (exact) mass is 278 g/mol. The third-order valence-corrected chi connectivity index (χ3v) is 2.50. The number of hydrogen-bond donors (Lipinski definition) is 0. The molecule has 0 bridgehead atoms. The van der Waals surface area contributed by atoms with Gasteiger partial charge in [-0.15, -0.1) is 0 Å². The Hall–Kier alpha value is -2.52. The van der Waals surface area contributed by atoms with Gasteiger partial charge in [-0.2, -0.15) is 5.26 Å². The van der Waals surface area contributed by atoms with Gasteiger partial charge >= 0.3 is 5.88 Å². The lowest BCUT2D eigenvalue weighted by molar-refractivity contribution is -0.402. The first-order valence-corrected chi connectivity index (χ1v) is 5.53. The zero-order chi connectivity index (χ0) is 13.8. The minimum atomic E-state index is -0.635. The van der Waals surface area contributed by atoms with E-state index in [1.165, 1.54) is 24.3 Å². The van der Waals surface area contributed by atoms with Crippen molar-refractivity contribution in [1.29, 1.82) is 5.26 Å². The Morgan fingerprint density at radius 2 is 2.21 bits per heavy atom. The molecule has 6 nitrogen and oxygen atoms in total. The van der Waals surface area contributed by atoms with Crippen LogP contribution in [0.3, 0.4) is 0 Å². The summed E-state index contributed by atoms with van der Waals surface area (Å²) in [6.45, 7) is -0.0249. The molecule has 0 spiro atoms. The van der Waals surface area contributed by atoms with Gasteiger partial charge in [0.25, 0.3) is 0 Å². The summed E-state index contributed by atoms with van der Waals surface area (Å²) in [5.41, 5.74) is 0.324. The minimum Gasteiger partial charge on any atom is -0.484 e. The molecule has 0 N–H and O–H groups in total. The summed E-state index contributed by atoms with van der Waals surface area (Å²) in [5, 5.41) is 19.8. The van der Waals surface area contributed by atoms with Crippen LogP contribution in [0.15, 0.2) is 34.7 Å². The van der Waals surface area contributed by atoms with E-state index in [4.69, 9.17) is 26.0 Å². The minimum absolute atomic E-state index is 0.0249. The molecule has 0 atom stereocenters. The van der Waals surface area contributed by atoms with Crippen LogP contribution in [0.5, 0.6) is 5.75 Å². The van der Waals surface area contributed by atoms with Crippen LogP contribution in [-0.2, 0) is 6.61 Å². The average Bonchev–Trinajstić information content (AvgIpc) is 2.85. The summed E-state index contributed by atoms with van der Waals surface area (Å²) >= 11 is 5.80. The van der Waals surface area contributed by atoms with Crippen molar-refractivity contribution in [3.8, 4) is 11.8 Å². The molecule has 0 aliphatic heterocycles. The normalized spacial score (nSPS) is 9.89. The number of rotatable bonds is 4. The summed E-state index contributed by atoms with van der Waals surface area (Å²) in [7, 11) is 0. The Morgan fingerprint density at radius 3 is 2.84 bits per heavy atom. The van der Waals surface area contributed by atoms with Crippen molar-refractivity contribution >= 4 is 17.5 Å². The van der Waals surface area contributed by atoms with Crippen LogP contribution in [0.25, 0.3) is 0 Å². The van der Waals surface area contributed by atoms with E-state index in [0.717, 1.165) is 0 Å². The summed E-state index contributed by atoms with van der Waals surface area (Å²) < 4.78 is 10.3. The molecule has 0 fully saturated rings. The Balaban J connectivity index is 2.12. The molecule has 0 aliphatic rings. The molecule has 7 heteroatoms. The van der Waals surface area contributed by atoms with Gasteiger partial charge < -0.3 is 9.15 Å². The van der Waals surface area contributed by atoms with Crippen LogP contribution in [0.4, 0.5) is 5.88 Å². The van der Waals surface area contributed by atoms with Gasteiger partial charge in [0.15, 0.2) is 0 Å². The number of halogens is 1. The first-order chi connectivity index (χ1) is 9.10. The molecule has 0 unspecified atom stereocenters. The maximum atomic E-state index is 10.4. The molecule has 0 saturated heterocycles. The van der Waals surface area contributed by atoms with Crippen molar-refractivity contribution in [3.63, 3.8) is 0 Å². The number of nitriles is 1. The Kier molecular flexibility index (Phi) is 3.68. The molecular formula is C12H7ClN2O4. The maximum Gasteiger partial charge on any atom is 0.433 e. The fourth-order valence-electron chi connectivity index (χ4n) is 1.40. The Bertz CT molecular complexity index is 660.